The summed E-state index contributed by atoms with van der Waals surface area (Å²) in [5, 5.41) is 4.41. The second-order valence-electron chi connectivity index (χ2n) is 6.25. The summed E-state index contributed by atoms with van der Waals surface area (Å²) in [4.78, 5) is 30.9. The lowest BCUT2D eigenvalue weighted by Gasteiger charge is -2.10. The van der Waals surface area contributed by atoms with Crippen LogP contribution in [-0.2, 0) is 17.6 Å². The summed E-state index contributed by atoms with van der Waals surface area (Å²) in [6, 6.07) is 8.87. The Morgan fingerprint density at radius 3 is 2.93 bits per heavy atom. The summed E-state index contributed by atoms with van der Waals surface area (Å²) >= 11 is 7.55. The molecule has 0 aliphatic heterocycles. The molecule has 2 heterocycles. The highest BCUT2D eigenvalue weighted by Gasteiger charge is 2.28. The number of amides is 1. The number of nitrogens with one attached hydrogen (secondary N) is 1. The first kappa shape index (κ1) is 17.9. The smallest absolute Gasteiger partial charge is 0.341 e. The Balaban J connectivity index is 1.73. The van der Waals surface area contributed by atoms with E-state index in [9.17, 15) is 9.59 Å². The molecule has 2 aromatic heterocycles. The van der Waals surface area contributed by atoms with Gasteiger partial charge in [-0.25, -0.2) is 9.78 Å². The van der Waals surface area contributed by atoms with Crippen LogP contribution >= 0.6 is 22.9 Å². The zero-order valence-corrected chi connectivity index (χ0v) is 16.2. The van der Waals surface area contributed by atoms with Crippen molar-refractivity contribution >= 4 is 50.7 Å². The number of carbonyl (C=O) groups is 2. The Morgan fingerprint density at radius 2 is 2.11 bits per heavy atom. The minimum Gasteiger partial charge on any atom is -0.462 e. The first-order valence-corrected chi connectivity index (χ1v) is 9.96. The number of para-hydroxylation sites is 1. The van der Waals surface area contributed by atoms with E-state index in [2.05, 4.69) is 10.3 Å². The number of esters is 1. The average Bonchev–Trinajstić information content (AvgIpc) is 3.21. The predicted molar refractivity (Wildman–Crippen MR) is 107 cm³/mol. The molecule has 1 amide bonds. The van der Waals surface area contributed by atoms with Crippen LogP contribution in [0.3, 0.4) is 0 Å². The van der Waals surface area contributed by atoms with Crippen molar-refractivity contribution in [1.29, 1.82) is 0 Å². The molecule has 4 rings (SSSR count). The van der Waals surface area contributed by atoms with Gasteiger partial charge in [0.25, 0.3) is 5.91 Å². The van der Waals surface area contributed by atoms with Crippen molar-refractivity contribution in [3.63, 3.8) is 0 Å². The summed E-state index contributed by atoms with van der Waals surface area (Å²) in [7, 11) is 0. The van der Waals surface area contributed by atoms with E-state index in [1.54, 1.807) is 13.0 Å². The number of pyridine rings is 1. The molecule has 0 bridgehead atoms. The maximum absolute atomic E-state index is 13.0. The summed E-state index contributed by atoms with van der Waals surface area (Å²) in [6.07, 6.45) is 2.78. The fraction of sp³-hybridized carbons (Fsp3) is 0.250. The number of nitrogens with zero attached hydrogens (tertiary/aromatic N) is 1. The fourth-order valence-corrected chi connectivity index (χ4v) is 4.89. The van der Waals surface area contributed by atoms with Crippen LogP contribution in [0.2, 0.25) is 5.15 Å². The molecule has 0 saturated heterocycles. The number of aromatic nitrogens is 1. The van der Waals surface area contributed by atoms with Gasteiger partial charge in [0.05, 0.1) is 23.3 Å². The number of thiophene rings is 1. The number of rotatable bonds is 4. The number of fused-ring (bicyclic) bond motifs is 2. The number of ether oxygens (including phenoxy) is 1. The number of aryl methyl sites for hydroxylation is 1. The van der Waals surface area contributed by atoms with Crippen LogP contribution in [-0.4, -0.2) is 23.5 Å². The first-order chi connectivity index (χ1) is 13.1. The molecule has 0 unspecified atom stereocenters. The molecule has 1 aliphatic rings. The van der Waals surface area contributed by atoms with Crippen LogP contribution < -0.4 is 5.32 Å². The molecule has 1 aliphatic carbocycles. The normalized spacial score (nSPS) is 12.8. The highest BCUT2D eigenvalue weighted by atomic mass is 35.5. The van der Waals surface area contributed by atoms with Gasteiger partial charge in [-0.3, -0.25) is 4.79 Å². The topological polar surface area (TPSA) is 68.3 Å². The number of halogens is 1. The second-order valence-corrected chi connectivity index (χ2v) is 7.74. The lowest BCUT2D eigenvalue weighted by molar-refractivity contribution is 0.0527. The SMILES string of the molecule is CCOC(=O)c1c(NC(=O)c2cc(Cl)nc3ccccc23)sc2c1CCC2. The molecule has 0 fully saturated rings. The number of hydrogen-bond acceptors (Lipinski definition) is 5. The van der Waals surface area contributed by atoms with Crippen molar-refractivity contribution in [1.82, 2.24) is 4.98 Å². The van der Waals surface area contributed by atoms with Crippen molar-refractivity contribution in [2.45, 2.75) is 26.2 Å². The van der Waals surface area contributed by atoms with Crippen molar-refractivity contribution in [2.75, 3.05) is 11.9 Å². The highest BCUT2D eigenvalue weighted by molar-refractivity contribution is 7.17. The van der Waals surface area contributed by atoms with Gasteiger partial charge in [0.1, 0.15) is 10.2 Å². The quantitative estimate of drug-likeness (QED) is 0.501. The molecule has 3 aromatic rings. The van der Waals surface area contributed by atoms with Gasteiger partial charge >= 0.3 is 5.97 Å². The average molecular weight is 401 g/mol. The minimum absolute atomic E-state index is 0.248. The molecule has 0 atom stereocenters. The maximum atomic E-state index is 13.0. The lowest BCUT2D eigenvalue weighted by Crippen LogP contribution is -2.15. The van der Waals surface area contributed by atoms with Gasteiger partial charge in [0.2, 0.25) is 0 Å². The van der Waals surface area contributed by atoms with Crippen molar-refractivity contribution in [3.05, 3.63) is 57.1 Å². The molecule has 0 spiro atoms. The second kappa shape index (κ2) is 7.29. The minimum atomic E-state index is -0.384. The van der Waals surface area contributed by atoms with Crippen LogP contribution in [0.1, 0.15) is 44.5 Å². The zero-order valence-electron chi connectivity index (χ0n) is 14.7. The van der Waals surface area contributed by atoms with Gasteiger partial charge in [-0.15, -0.1) is 11.3 Å². The van der Waals surface area contributed by atoms with Crippen LogP contribution in [0.5, 0.6) is 0 Å². The van der Waals surface area contributed by atoms with E-state index in [0.717, 1.165) is 29.7 Å². The van der Waals surface area contributed by atoms with E-state index in [-0.39, 0.29) is 17.0 Å². The molecule has 7 heteroatoms. The molecule has 138 valence electrons. The molecule has 1 N–H and O–H groups in total. The van der Waals surface area contributed by atoms with Crippen LogP contribution in [0.25, 0.3) is 10.9 Å². The van der Waals surface area contributed by atoms with E-state index in [1.165, 1.54) is 11.3 Å². The molecule has 0 radical (unpaired) electrons. The lowest BCUT2D eigenvalue weighted by atomic mass is 10.1. The van der Waals surface area contributed by atoms with E-state index in [4.69, 9.17) is 16.3 Å². The van der Waals surface area contributed by atoms with Crippen molar-refractivity contribution in [3.8, 4) is 0 Å². The molecule has 27 heavy (non-hydrogen) atoms. The third-order valence-electron chi connectivity index (χ3n) is 4.56. The van der Waals surface area contributed by atoms with Gasteiger partial charge in [-0.1, -0.05) is 29.8 Å². The van der Waals surface area contributed by atoms with E-state index >= 15 is 0 Å². The largest absolute Gasteiger partial charge is 0.462 e. The van der Waals surface area contributed by atoms with E-state index < -0.39 is 0 Å². The Bertz CT molecular complexity index is 1060. The van der Waals surface area contributed by atoms with Crippen LogP contribution in [0, 0.1) is 0 Å². The molecular weight excluding hydrogens is 384 g/mol. The zero-order chi connectivity index (χ0) is 19.0. The first-order valence-electron chi connectivity index (χ1n) is 8.76. The Labute approximate surface area is 165 Å². The fourth-order valence-electron chi connectivity index (χ4n) is 3.41. The Kier molecular flexibility index (Phi) is 4.85. The van der Waals surface area contributed by atoms with Crippen molar-refractivity contribution < 1.29 is 14.3 Å². The van der Waals surface area contributed by atoms with E-state index in [1.807, 2.05) is 24.3 Å². The maximum Gasteiger partial charge on any atom is 0.341 e. The Morgan fingerprint density at radius 1 is 1.30 bits per heavy atom. The van der Waals surface area contributed by atoms with E-state index in [0.29, 0.717) is 33.6 Å². The summed E-state index contributed by atoms with van der Waals surface area (Å²) < 4.78 is 5.21. The van der Waals surface area contributed by atoms with Gasteiger partial charge in [0, 0.05) is 10.3 Å². The summed E-state index contributed by atoms with van der Waals surface area (Å²) in [5.41, 5.74) is 2.57. The number of benzene rings is 1. The van der Waals surface area contributed by atoms with Crippen molar-refractivity contribution in [2.24, 2.45) is 0 Å². The molecule has 5 nitrogen and oxygen atoms in total. The third kappa shape index (κ3) is 3.31. The third-order valence-corrected chi connectivity index (χ3v) is 5.96. The standard InChI is InChI=1S/C20H17ClN2O3S/c1-2-26-20(25)17-12-7-5-9-15(12)27-19(17)23-18(24)13-10-16(21)22-14-8-4-3-6-11(13)14/h3-4,6,8,10H,2,5,7,9H2,1H3,(H,23,24). The molecule has 1 aromatic carbocycles. The number of hydrogen-bond donors (Lipinski definition) is 1. The van der Waals surface area contributed by atoms with Gasteiger partial charge in [-0.05, 0) is 43.9 Å². The van der Waals surface area contributed by atoms with Gasteiger partial charge < -0.3 is 10.1 Å². The number of anilines is 1. The van der Waals surface area contributed by atoms with Gasteiger partial charge in [0.15, 0.2) is 0 Å². The summed E-state index contributed by atoms with van der Waals surface area (Å²) in [5.74, 6) is -0.703. The number of carbonyl (C=O) groups excluding carboxylic acids is 2. The monoisotopic (exact) mass is 400 g/mol. The molecular formula is C20H17ClN2O3S. The molecule has 0 saturated carbocycles. The van der Waals surface area contributed by atoms with Crippen LogP contribution in [0.4, 0.5) is 5.00 Å². The van der Waals surface area contributed by atoms with Gasteiger partial charge in [-0.2, -0.15) is 0 Å². The Hall–Kier alpha value is -2.44. The predicted octanol–water partition coefficient (Wildman–Crippen LogP) is 4.87. The van der Waals surface area contributed by atoms with Crippen LogP contribution in [0.15, 0.2) is 30.3 Å². The summed E-state index contributed by atoms with van der Waals surface area (Å²) in [6.45, 7) is 2.06. The highest BCUT2D eigenvalue weighted by Crippen LogP contribution is 2.40.